The summed E-state index contributed by atoms with van der Waals surface area (Å²) in [6, 6.07) is 4.64. The summed E-state index contributed by atoms with van der Waals surface area (Å²) in [6.07, 6.45) is 0. The van der Waals surface area contributed by atoms with E-state index >= 15 is 0 Å². The van der Waals surface area contributed by atoms with Gasteiger partial charge in [0.2, 0.25) is 0 Å². The molecular formula is C13H12BrFN4. The van der Waals surface area contributed by atoms with E-state index in [0.29, 0.717) is 4.47 Å². The SMILES string of the molecule is [C-]#[N+]c1c(-c2ccc(Br)cc2F)nn(C(C)C)c1N. The summed E-state index contributed by atoms with van der Waals surface area (Å²) in [4.78, 5) is 3.38. The van der Waals surface area contributed by atoms with Gasteiger partial charge in [-0.1, -0.05) is 15.9 Å². The zero-order chi connectivity index (χ0) is 14.2. The van der Waals surface area contributed by atoms with Crippen molar-refractivity contribution in [1.29, 1.82) is 0 Å². The van der Waals surface area contributed by atoms with Crippen LogP contribution in [0.15, 0.2) is 22.7 Å². The van der Waals surface area contributed by atoms with Gasteiger partial charge in [-0.15, -0.1) is 0 Å². The Bertz CT molecular complexity index is 670. The van der Waals surface area contributed by atoms with Gasteiger partial charge in [0.15, 0.2) is 0 Å². The van der Waals surface area contributed by atoms with Crippen LogP contribution in [-0.2, 0) is 0 Å². The van der Waals surface area contributed by atoms with Crippen LogP contribution in [0.1, 0.15) is 19.9 Å². The van der Waals surface area contributed by atoms with E-state index in [4.69, 9.17) is 12.3 Å². The lowest BCUT2D eigenvalue weighted by Gasteiger charge is -2.07. The lowest BCUT2D eigenvalue weighted by atomic mass is 10.1. The smallest absolute Gasteiger partial charge is 0.254 e. The van der Waals surface area contributed by atoms with Crippen LogP contribution >= 0.6 is 15.9 Å². The molecule has 0 atom stereocenters. The zero-order valence-electron chi connectivity index (χ0n) is 10.5. The fourth-order valence-corrected chi connectivity index (χ4v) is 2.14. The van der Waals surface area contributed by atoms with Crippen LogP contribution in [0.25, 0.3) is 16.1 Å². The highest BCUT2D eigenvalue weighted by Crippen LogP contribution is 2.37. The van der Waals surface area contributed by atoms with Crippen molar-refractivity contribution in [3.05, 3.63) is 39.9 Å². The van der Waals surface area contributed by atoms with Crippen molar-refractivity contribution >= 4 is 27.4 Å². The van der Waals surface area contributed by atoms with E-state index in [2.05, 4.69) is 25.9 Å². The first-order valence-electron chi connectivity index (χ1n) is 5.66. The highest BCUT2D eigenvalue weighted by atomic mass is 79.9. The Labute approximate surface area is 119 Å². The first-order chi connectivity index (χ1) is 8.95. The second kappa shape index (κ2) is 5.02. The molecule has 0 bridgehead atoms. The standard InChI is InChI=1S/C13H12BrFN4/c1-7(2)19-13(16)12(17-3)11(18-19)9-5-4-8(14)6-10(9)15/h4-7H,16H2,1-2H3. The van der Waals surface area contributed by atoms with E-state index in [1.807, 2.05) is 13.8 Å². The van der Waals surface area contributed by atoms with Gasteiger partial charge in [0.25, 0.3) is 5.69 Å². The lowest BCUT2D eigenvalue weighted by molar-refractivity contribution is 0.541. The molecule has 0 spiro atoms. The number of aromatic nitrogens is 2. The predicted octanol–water partition coefficient (Wildman–Crippen LogP) is 4.17. The van der Waals surface area contributed by atoms with Gasteiger partial charge in [0.1, 0.15) is 17.3 Å². The fourth-order valence-electron chi connectivity index (χ4n) is 1.81. The molecule has 1 heterocycles. The topological polar surface area (TPSA) is 48.2 Å². The molecule has 0 aliphatic carbocycles. The number of hydrogen-bond acceptors (Lipinski definition) is 2. The Morgan fingerprint density at radius 1 is 1.47 bits per heavy atom. The second-order valence-electron chi connectivity index (χ2n) is 4.36. The van der Waals surface area contributed by atoms with Gasteiger partial charge >= 0.3 is 0 Å². The van der Waals surface area contributed by atoms with Gasteiger partial charge in [-0.25, -0.2) is 9.24 Å². The summed E-state index contributed by atoms with van der Waals surface area (Å²) < 4.78 is 16.1. The minimum Gasteiger partial charge on any atom is -0.393 e. The van der Waals surface area contributed by atoms with Crippen LogP contribution in [0, 0.1) is 12.4 Å². The molecule has 0 aliphatic rings. The molecule has 0 amide bonds. The van der Waals surface area contributed by atoms with E-state index in [0.717, 1.165) is 0 Å². The van der Waals surface area contributed by atoms with Gasteiger partial charge in [-0.2, -0.15) is 5.10 Å². The highest BCUT2D eigenvalue weighted by Gasteiger charge is 2.20. The number of nitrogen functional groups attached to an aromatic ring is 1. The molecule has 2 N–H and O–H groups in total. The van der Waals surface area contributed by atoms with Crippen molar-refractivity contribution < 1.29 is 4.39 Å². The normalized spacial score (nSPS) is 10.7. The molecule has 0 aliphatic heterocycles. The van der Waals surface area contributed by atoms with E-state index in [-0.39, 0.29) is 28.8 Å². The Kier molecular flexibility index (Phi) is 3.58. The van der Waals surface area contributed by atoms with E-state index in [9.17, 15) is 4.39 Å². The molecule has 1 aromatic carbocycles. The maximum absolute atomic E-state index is 14.0. The average molecular weight is 323 g/mol. The summed E-state index contributed by atoms with van der Waals surface area (Å²) >= 11 is 3.20. The third-order valence-electron chi connectivity index (χ3n) is 2.71. The number of benzene rings is 1. The van der Waals surface area contributed by atoms with Crippen LogP contribution < -0.4 is 5.73 Å². The lowest BCUT2D eigenvalue weighted by Crippen LogP contribution is -2.06. The summed E-state index contributed by atoms with van der Waals surface area (Å²) in [5.74, 6) is -0.171. The van der Waals surface area contributed by atoms with E-state index in [1.165, 1.54) is 10.7 Å². The van der Waals surface area contributed by atoms with Crippen molar-refractivity contribution in [2.45, 2.75) is 19.9 Å². The molecule has 19 heavy (non-hydrogen) atoms. The fraction of sp³-hybridized carbons (Fsp3) is 0.231. The van der Waals surface area contributed by atoms with Gasteiger partial charge in [-0.3, -0.25) is 4.68 Å². The number of rotatable bonds is 2. The Balaban J connectivity index is 2.69. The number of nitrogens with two attached hydrogens (primary N) is 1. The maximum atomic E-state index is 14.0. The largest absolute Gasteiger partial charge is 0.393 e. The van der Waals surface area contributed by atoms with Crippen molar-refractivity contribution in [2.75, 3.05) is 5.73 Å². The van der Waals surface area contributed by atoms with E-state index < -0.39 is 5.82 Å². The van der Waals surface area contributed by atoms with Crippen LogP contribution in [0.4, 0.5) is 15.9 Å². The monoisotopic (exact) mass is 322 g/mol. The summed E-state index contributed by atoms with van der Waals surface area (Å²) in [6.45, 7) is 11.0. The minimum atomic E-state index is -0.437. The molecule has 6 heteroatoms. The van der Waals surface area contributed by atoms with Crippen LogP contribution in [0.2, 0.25) is 0 Å². The van der Waals surface area contributed by atoms with Crippen LogP contribution in [0.3, 0.4) is 0 Å². The molecular weight excluding hydrogens is 311 g/mol. The Morgan fingerprint density at radius 2 is 2.16 bits per heavy atom. The third-order valence-corrected chi connectivity index (χ3v) is 3.20. The first kappa shape index (κ1) is 13.6. The van der Waals surface area contributed by atoms with Gasteiger partial charge in [0, 0.05) is 16.1 Å². The summed E-state index contributed by atoms with van der Waals surface area (Å²) in [5, 5.41) is 4.26. The van der Waals surface area contributed by atoms with Crippen molar-refractivity contribution in [2.24, 2.45) is 0 Å². The molecule has 0 saturated heterocycles. The number of anilines is 1. The molecule has 1 aromatic heterocycles. The Hall–Kier alpha value is -1.87. The summed E-state index contributed by atoms with van der Waals surface area (Å²) in [5.41, 5.74) is 6.64. The number of hydrogen-bond donors (Lipinski definition) is 1. The molecule has 0 saturated carbocycles. The van der Waals surface area contributed by atoms with Gasteiger partial charge in [-0.05, 0) is 32.0 Å². The molecule has 0 fully saturated rings. The van der Waals surface area contributed by atoms with Gasteiger partial charge in [0.05, 0.1) is 6.57 Å². The van der Waals surface area contributed by atoms with Gasteiger partial charge < -0.3 is 5.73 Å². The number of nitrogens with zero attached hydrogens (tertiary/aromatic N) is 3. The Morgan fingerprint density at radius 3 is 2.68 bits per heavy atom. The molecule has 0 unspecified atom stereocenters. The number of halogens is 2. The molecule has 0 radical (unpaired) electrons. The van der Waals surface area contributed by atoms with Crippen molar-refractivity contribution in [3.63, 3.8) is 0 Å². The van der Waals surface area contributed by atoms with E-state index in [1.54, 1.807) is 12.1 Å². The molecule has 4 nitrogen and oxygen atoms in total. The first-order valence-corrected chi connectivity index (χ1v) is 6.45. The second-order valence-corrected chi connectivity index (χ2v) is 5.27. The third kappa shape index (κ3) is 2.34. The zero-order valence-corrected chi connectivity index (χ0v) is 12.1. The predicted molar refractivity (Wildman–Crippen MR) is 76.4 cm³/mol. The maximum Gasteiger partial charge on any atom is 0.254 e. The molecule has 98 valence electrons. The average Bonchev–Trinajstić information content (AvgIpc) is 2.66. The highest BCUT2D eigenvalue weighted by molar-refractivity contribution is 9.10. The van der Waals surface area contributed by atoms with Crippen molar-refractivity contribution in [3.8, 4) is 11.3 Å². The van der Waals surface area contributed by atoms with Crippen LogP contribution in [0.5, 0.6) is 0 Å². The van der Waals surface area contributed by atoms with Crippen molar-refractivity contribution in [1.82, 2.24) is 9.78 Å². The molecule has 2 rings (SSSR count). The quantitative estimate of drug-likeness (QED) is 0.844. The summed E-state index contributed by atoms with van der Waals surface area (Å²) in [7, 11) is 0. The van der Waals surface area contributed by atoms with Crippen LogP contribution in [-0.4, -0.2) is 9.78 Å². The minimum absolute atomic E-state index is 0.00718. The molecule has 2 aromatic rings.